The highest BCUT2D eigenvalue weighted by atomic mass is 16.3. The summed E-state index contributed by atoms with van der Waals surface area (Å²) in [6.45, 7) is 7.59. The van der Waals surface area contributed by atoms with Gasteiger partial charge in [0.2, 0.25) is 0 Å². The third-order valence-corrected chi connectivity index (χ3v) is 1.97. The molecule has 0 aliphatic rings. The van der Waals surface area contributed by atoms with Crippen LogP contribution in [-0.4, -0.2) is 0 Å². The first kappa shape index (κ1) is 9.07. The molecule has 1 aromatic heterocycles. The predicted molar refractivity (Wildman–Crippen MR) is 49.9 cm³/mol. The Morgan fingerprint density at radius 2 is 2.33 bits per heavy atom. The maximum Gasteiger partial charge on any atom is 0.121 e. The average Bonchev–Trinajstić information content (AvgIpc) is 2.33. The fraction of sp³-hybridized carbons (Fsp3) is 0.400. The van der Waals surface area contributed by atoms with E-state index < -0.39 is 0 Å². The second-order valence-electron chi connectivity index (χ2n) is 3.02. The molecule has 0 spiro atoms. The molecular weight excluding hydrogens is 150 g/mol. The van der Waals surface area contributed by atoms with Gasteiger partial charge < -0.3 is 10.2 Å². The maximum absolute atomic E-state index is 5.82. The number of rotatable bonds is 3. The van der Waals surface area contributed by atoms with Gasteiger partial charge in [0.1, 0.15) is 11.5 Å². The van der Waals surface area contributed by atoms with E-state index in [9.17, 15) is 0 Å². The summed E-state index contributed by atoms with van der Waals surface area (Å²) in [4.78, 5) is 0. The number of hydrogen-bond donors (Lipinski definition) is 1. The molecule has 12 heavy (non-hydrogen) atoms. The van der Waals surface area contributed by atoms with E-state index in [1.54, 1.807) is 6.08 Å². The van der Waals surface area contributed by atoms with E-state index in [1.165, 1.54) is 0 Å². The van der Waals surface area contributed by atoms with Crippen molar-refractivity contribution in [1.82, 2.24) is 0 Å². The van der Waals surface area contributed by atoms with Crippen LogP contribution >= 0.6 is 0 Å². The van der Waals surface area contributed by atoms with E-state index >= 15 is 0 Å². The standard InChI is InChI=1S/C10H15NO/c1-4-5-9(11)10-6-7(2)8(3)12-10/h4,6,9H,1,5,11H2,2-3H3/t9-/m0/s1. The first-order chi connectivity index (χ1) is 5.65. The zero-order chi connectivity index (χ0) is 9.14. The number of furan rings is 1. The highest BCUT2D eigenvalue weighted by Crippen LogP contribution is 2.20. The molecule has 2 N–H and O–H groups in total. The number of hydrogen-bond acceptors (Lipinski definition) is 2. The Kier molecular flexibility index (Phi) is 2.71. The predicted octanol–water partition coefficient (Wildman–Crippen LogP) is 2.47. The van der Waals surface area contributed by atoms with E-state index in [0.717, 1.165) is 23.5 Å². The summed E-state index contributed by atoms with van der Waals surface area (Å²) in [5.74, 6) is 1.80. The van der Waals surface area contributed by atoms with Crippen molar-refractivity contribution in [3.05, 3.63) is 35.8 Å². The summed E-state index contributed by atoms with van der Waals surface area (Å²) in [7, 11) is 0. The summed E-state index contributed by atoms with van der Waals surface area (Å²) >= 11 is 0. The van der Waals surface area contributed by atoms with Gasteiger partial charge in [-0.05, 0) is 31.9 Å². The molecule has 0 unspecified atom stereocenters. The Balaban J connectivity index is 2.80. The summed E-state index contributed by atoms with van der Waals surface area (Å²) in [5.41, 5.74) is 6.98. The fourth-order valence-electron chi connectivity index (χ4n) is 1.08. The van der Waals surface area contributed by atoms with Crippen molar-refractivity contribution in [3.8, 4) is 0 Å². The van der Waals surface area contributed by atoms with E-state index in [0.29, 0.717) is 0 Å². The van der Waals surface area contributed by atoms with Crippen LogP contribution in [0.15, 0.2) is 23.1 Å². The molecule has 0 saturated carbocycles. The molecule has 0 bridgehead atoms. The lowest BCUT2D eigenvalue weighted by atomic mass is 10.1. The molecule has 66 valence electrons. The molecule has 1 rings (SSSR count). The highest BCUT2D eigenvalue weighted by Gasteiger charge is 2.09. The Labute approximate surface area is 73.1 Å². The van der Waals surface area contributed by atoms with E-state index in [2.05, 4.69) is 6.58 Å². The topological polar surface area (TPSA) is 39.2 Å². The SMILES string of the molecule is C=CC[C@H](N)c1cc(C)c(C)o1. The molecule has 1 atom stereocenters. The van der Waals surface area contributed by atoms with Crippen molar-refractivity contribution in [2.75, 3.05) is 0 Å². The largest absolute Gasteiger partial charge is 0.464 e. The Hall–Kier alpha value is -1.02. The van der Waals surface area contributed by atoms with Gasteiger partial charge in [0, 0.05) is 0 Å². The minimum atomic E-state index is -0.0464. The summed E-state index contributed by atoms with van der Waals surface area (Å²) < 4.78 is 5.46. The van der Waals surface area contributed by atoms with Crippen molar-refractivity contribution >= 4 is 0 Å². The van der Waals surface area contributed by atoms with Crippen molar-refractivity contribution in [2.45, 2.75) is 26.3 Å². The van der Waals surface area contributed by atoms with Gasteiger partial charge in [-0.3, -0.25) is 0 Å². The second kappa shape index (κ2) is 3.59. The minimum Gasteiger partial charge on any atom is -0.464 e. The van der Waals surface area contributed by atoms with Crippen LogP contribution in [0.4, 0.5) is 0 Å². The maximum atomic E-state index is 5.82. The van der Waals surface area contributed by atoms with Crippen LogP contribution in [0, 0.1) is 13.8 Å². The molecule has 0 amide bonds. The molecular formula is C10H15NO. The zero-order valence-corrected chi connectivity index (χ0v) is 7.63. The number of aryl methyl sites for hydroxylation is 2. The van der Waals surface area contributed by atoms with Gasteiger partial charge in [0.05, 0.1) is 6.04 Å². The minimum absolute atomic E-state index is 0.0464. The Morgan fingerprint density at radius 3 is 2.75 bits per heavy atom. The van der Waals surface area contributed by atoms with Crippen LogP contribution in [0.3, 0.4) is 0 Å². The van der Waals surface area contributed by atoms with E-state index in [4.69, 9.17) is 10.2 Å². The van der Waals surface area contributed by atoms with Crippen molar-refractivity contribution in [3.63, 3.8) is 0 Å². The van der Waals surface area contributed by atoms with Crippen molar-refractivity contribution in [2.24, 2.45) is 5.73 Å². The van der Waals surface area contributed by atoms with Crippen LogP contribution in [0.5, 0.6) is 0 Å². The smallest absolute Gasteiger partial charge is 0.121 e. The highest BCUT2D eigenvalue weighted by molar-refractivity contribution is 5.20. The zero-order valence-electron chi connectivity index (χ0n) is 7.63. The first-order valence-electron chi connectivity index (χ1n) is 4.08. The lowest BCUT2D eigenvalue weighted by molar-refractivity contribution is 0.446. The van der Waals surface area contributed by atoms with Crippen molar-refractivity contribution in [1.29, 1.82) is 0 Å². The molecule has 1 heterocycles. The Morgan fingerprint density at radius 1 is 1.67 bits per heavy atom. The first-order valence-corrected chi connectivity index (χ1v) is 4.08. The average molecular weight is 165 g/mol. The van der Waals surface area contributed by atoms with Gasteiger partial charge in [0.15, 0.2) is 0 Å². The fourth-order valence-corrected chi connectivity index (χ4v) is 1.08. The summed E-state index contributed by atoms with van der Waals surface area (Å²) in [6, 6.07) is 1.94. The molecule has 0 fully saturated rings. The van der Waals surface area contributed by atoms with Crippen molar-refractivity contribution < 1.29 is 4.42 Å². The molecule has 0 aliphatic heterocycles. The molecule has 2 nitrogen and oxygen atoms in total. The molecule has 2 heteroatoms. The number of nitrogens with two attached hydrogens (primary N) is 1. The van der Waals surface area contributed by atoms with Gasteiger partial charge in [-0.2, -0.15) is 0 Å². The van der Waals surface area contributed by atoms with Gasteiger partial charge in [-0.25, -0.2) is 0 Å². The molecule has 0 aromatic carbocycles. The molecule has 0 saturated heterocycles. The molecule has 1 aromatic rings. The lowest BCUT2D eigenvalue weighted by Gasteiger charge is -2.03. The normalized spacial score (nSPS) is 12.9. The summed E-state index contributed by atoms with van der Waals surface area (Å²) in [5, 5.41) is 0. The monoisotopic (exact) mass is 165 g/mol. The summed E-state index contributed by atoms with van der Waals surface area (Å²) in [6.07, 6.45) is 2.56. The van der Waals surface area contributed by atoms with Crippen LogP contribution in [0.1, 0.15) is 29.5 Å². The third-order valence-electron chi connectivity index (χ3n) is 1.97. The van der Waals surface area contributed by atoms with E-state index in [1.807, 2.05) is 19.9 Å². The lowest BCUT2D eigenvalue weighted by Crippen LogP contribution is -2.07. The van der Waals surface area contributed by atoms with Gasteiger partial charge >= 0.3 is 0 Å². The van der Waals surface area contributed by atoms with E-state index in [-0.39, 0.29) is 6.04 Å². The van der Waals surface area contributed by atoms with Crippen LogP contribution < -0.4 is 5.73 Å². The van der Waals surface area contributed by atoms with Gasteiger partial charge in [-0.1, -0.05) is 6.08 Å². The molecule has 0 radical (unpaired) electrons. The quantitative estimate of drug-likeness (QED) is 0.699. The van der Waals surface area contributed by atoms with Gasteiger partial charge in [0.25, 0.3) is 0 Å². The van der Waals surface area contributed by atoms with Gasteiger partial charge in [-0.15, -0.1) is 6.58 Å². The van der Waals surface area contributed by atoms with Crippen LogP contribution in [0.25, 0.3) is 0 Å². The van der Waals surface area contributed by atoms with Crippen LogP contribution in [0.2, 0.25) is 0 Å². The Bertz CT molecular complexity index is 256. The third kappa shape index (κ3) is 1.77. The van der Waals surface area contributed by atoms with Crippen LogP contribution in [-0.2, 0) is 0 Å². The molecule has 0 aliphatic carbocycles. The second-order valence-corrected chi connectivity index (χ2v) is 3.02.